The molecule has 1 aliphatic rings. The highest BCUT2D eigenvalue weighted by molar-refractivity contribution is 5.41. The first-order valence-corrected chi connectivity index (χ1v) is 7.65. The number of aromatic amines is 1. The number of anilines is 1. The van der Waals surface area contributed by atoms with E-state index in [1.165, 1.54) is 12.8 Å². The molecule has 0 amide bonds. The van der Waals surface area contributed by atoms with E-state index in [0.29, 0.717) is 0 Å². The molecule has 1 fully saturated rings. The summed E-state index contributed by atoms with van der Waals surface area (Å²) in [5, 5.41) is 0. The van der Waals surface area contributed by atoms with Crippen molar-refractivity contribution in [3.05, 3.63) is 36.3 Å². The number of hydrogen-bond acceptors (Lipinski definition) is 4. The van der Waals surface area contributed by atoms with Crippen LogP contribution in [0.4, 0.5) is 5.82 Å². The van der Waals surface area contributed by atoms with Gasteiger partial charge in [-0.2, -0.15) is 0 Å². The maximum absolute atomic E-state index is 4.80. The van der Waals surface area contributed by atoms with Gasteiger partial charge in [-0.05, 0) is 25.3 Å². The highest BCUT2D eigenvalue weighted by atomic mass is 15.2. The maximum Gasteiger partial charge on any atom is 0.135 e. The topological polar surface area (TPSA) is 57.7 Å². The van der Waals surface area contributed by atoms with Crippen LogP contribution < -0.4 is 4.90 Å². The summed E-state index contributed by atoms with van der Waals surface area (Å²) in [4.78, 5) is 19.3. The summed E-state index contributed by atoms with van der Waals surface area (Å²) in [5.41, 5.74) is -0.0357. The average molecular weight is 285 g/mol. The zero-order valence-corrected chi connectivity index (χ0v) is 13.0. The van der Waals surface area contributed by atoms with Crippen molar-refractivity contribution in [2.24, 2.45) is 0 Å². The molecule has 0 bridgehead atoms. The van der Waals surface area contributed by atoms with Crippen LogP contribution in [0.1, 0.15) is 57.7 Å². The maximum atomic E-state index is 4.80. The molecule has 3 heterocycles. The predicted octanol–water partition coefficient (Wildman–Crippen LogP) is 3.23. The van der Waals surface area contributed by atoms with Crippen LogP contribution in [0.25, 0.3) is 0 Å². The lowest BCUT2D eigenvalue weighted by atomic mass is 9.95. The van der Waals surface area contributed by atoms with Crippen LogP contribution in [0, 0.1) is 0 Å². The highest BCUT2D eigenvalue weighted by Gasteiger charge is 2.28. The molecule has 5 nitrogen and oxygen atoms in total. The number of nitrogens with one attached hydrogen (secondary N) is 1. The van der Waals surface area contributed by atoms with Gasteiger partial charge < -0.3 is 9.88 Å². The fraction of sp³-hybridized carbons (Fsp3) is 0.562. The van der Waals surface area contributed by atoms with Crippen molar-refractivity contribution in [1.29, 1.82) is 0 Å². The molecule has 0 spiro atoms. The number of nitrogens with zero attached hydrogens (tertiary/aromatic N) is 4. The summed E-state index contributed by atoms with van der Waals surface area (Å²) in [6, 6.07) is 2.30. The molecule has 0 aliphatic carbocycles. The van der Waals surface area contributed by atoms with Crippen molar-refractivity contribution in [2.75, 3.05) is 11.4 Å². The van der Waals surface area contributed by atoms with Gasteiger partial charge in [0, 0.05) is 30.6 Å². The summed E-state index contributed by atoms with van der Waals surface area (Å²) in [6.07, 6.45) is 9.13. The SMILES string of the molecule is CC(C)(C)c1nccc(N2CCCCC2c2ncc[nH]2)n1. The Morgan fingerprint density at radius 1 is 1.19 bits per heavy atom. The van der Waals surface area contributed by atoms with Crippen LogP contribution in [0.15, 0.2) is 24.7 Å². The molecule has 5 heteroatoms. The van der Waals surface area contributed by atoms with Crippen LogP contribution in [0.2, 0.25) is 0 Å². The molecule has 0 saturated carbocycles. The van der Waals surface area contributed by atoms with Gasteiger partial charge in [0.15, 0.2) is 0 Å². The van der Waals surface area contributed by atoms with E-state index in [1.54, 1.807) is 0 Å². The molecule has 1 aliphatic heterocycles. The molecule has 1 N–H and O–H groups in total. The van der Waals surface area contributed by atoms with Gasteiger partial charge in [0.25, 0.3) is 0 Å². The summed E-state index contributed by atoms with van der Waals surface area (Å²) in [5.74, 6) is 2.94. The first-order valence-electron chi connectivity index (χ1n) is 7.65. The van der Waals surface area contributed by atoms with E-state index >= 15 is 0 Å². The largest absolute Gasteiger partial charge is 0.347 e. The Kier molecular flexibility index (Phi) is 3.66. The van der Waals surface area contributed by atoms with Gasteiger partial charge in [-0.3, -0.25) is 0 Å². The standard InChI is InChI=1S/C16H23N5/c1-16(2,3)15-19-8-7-13(20-15)21-11-5-4-6-12(21)14-17-9-10-18-14/h7-10,12H,4-6,11H2,1-3H3,(H,17,18). The Hall–Kier alpha value is -1.91. The van der Waals surface area contributed by atoms with Crippen LogP contribution in [-0.2, 0) is 5.41 Å². The van der Waals surface area contributed by atoms with Crippen molar-refractivity contribution < 1.29 is 0 Å². The third-order valence-corrected chi connectivity index (χ3v) is 3.94. The first kappa shape index (κ1) is 14.0. The lowest BCUT2D eigenvalue weighted by Crippen LogP contribution is -2.35. The van der Waals surface area contributed by atoms with Crippen LogP contribution in [0.5, 0.6) is 0 Å². The Bertz CT molecular complexity index is 585. The Labute approximate surface area is 125 Å². The van der Waals surface area contributed by atoms with E-state index < -0.39 is 0 Å². The smallest absolute Gasteiger partial charge is 0.135 e. The molecule has 2 aromatic rings. The van der Waals surface area contributed by atoms with Gasteiger partial charge in [0.1, 0.15) is 17.5 Å². The number of hydrogen-bond donors (Lipinski definition) is 1. The molecule has 112 valence electrons. The van der Waals surface area contributed by atoms with Gasteiger partial charge in [0.05, 0.1) is 6.04 Å². The molecule has 3 rings (SSSR count). The van der Waals surface area contributed by atoms with Gasteiger partial charge in [-0.25, -0.2) is 15.0 Å². The first-order chi connectivity index (χ1) is 10.1. The fourth-order valence-electron chi connectivity index (χ4n) is 2.82. The van der Waals surface area contributed by atoms with E-state index in [4.69, 9.17) is 4.98 Å². The van der Waals surface area contributed by atoms with E-state index in [-0.39, 0.29) is 11.5 Å². The molecule has 1 atom stereocenters. The Balaban J connectivity index is 1.93. The lowest BCUT2D eigenvalue weighted by Gasteiger charge is -2.36. The van der Waals surface area contributed by atoms with Gasteiger partial charge >= 0.3 is 0 Å². The lowest BCUT2D eigenvalue weighted by molar-refractivity contribution is 0.452. The molecule has 21 heavy (non-hydrogen) atoms. The normalized spacial score (nSPS) is 19.8. The van der Waals surface area contributed by atoms with Gasteiger partial charge in [-0.15, -0.1) is 0 Å². The van der Waals surface area contributed by atoms with Gasteiger partial charge in [-0.1, -0.05) is 20.8 Å². The van der Waals surface area contributed by atoms with Crippen LogP contribution in [0.3, 0.4) is 0 Å². The van der Waals surface area contributed by atoms with Crippen LogP contribution >= 0.6 is 0 Å². The summed E-state index contributed by atoms with van der Waals surface area (Å²) >= 11 is 0. The van der Waals surface area contributed by atoms with E-state index in [9.17, 15) is 0 Å². The molecule has 0 radical (unpaired) electrons. The zero-order chi connectivity index (χ0) is 14.9. The molecule has 2 aromatic heterocycles. The van der Waals surface area contributed by atoms with Crippen molar-refractivity contribution >= 4 is 5.82 Å². The fourth-order valence-corrected chi connectivity index (χ4v) is 2.82. The number of aromatic nitrogens is 4. The minimum atomic E-state index is -0.0357. The minimum absolute atomic E-state index is 0.0357. The van der Waals surface area contributed by atoms with Gasteiger partial charge in [0.2, 0.25) is 0 Å². The van der Waals surface area contributed by atoms with E-state index in [0.717, 1.165) is 30.4 Å². The predicted molar refractivity (Wildman–Crippen MR) is 83.3 cm³/mol. The monoisotopic (exact) mass is 285 g/mol. The molecular formula is C16H23N5. The number of rotatable bonds is 2. The Morgan fingerprint density at radius 3 is 2.76 bits per heavy atom. The quantitative estimate of drug-likeness (QED) is 0.920. The van der Waals surface area contributed by atoms with E-state index in [1.807, 2.05) is 24.7 Å². The molecule has 1 saturated heterocycles. The summed E-state index contributed by atoms with van der Waals surface area (Å²) in [6.45, 7) is 7.46. The second-order valence-electron chi connectivity index (χ2n) is 6.67. The Morgan fingerprint density at radius 2 is 2.05 bits per heavy atom. The van der Waals surface area contributed by atoms with Crippen molar-refractivity contribution in [3.8, 4) is 0 Å². The third kappa shape index (κ3) is 2.91. The van der Waals surface area contributed by atoms with Crippen molar-refractivity contribution in [3.63, 3.8) is 0 Å². The van der Waals surface area contributed by atoms with Crippen LogP contribution in [-0.4, -0.2) is 26.5 Å². The molecule has 0 aromatic carbocycles. The number of imidazole rings is 1. The van der Waals surface area contributed by atoms with Crippen molar-refractivity contribution in [1.82, 2.24) is 19.9 Å². The highest BCUT2D eigenvalue weighted by Crippen LogP contribution is 2.33. The van der Waals surface area contributed by atoms with E-state index in [2.05, 4.69) is 40.6 Å². The zero-order valence-electron chi connectivity index (χ0n) is 13.0. The average Bonchev–Trinajstić information content (AvgIpc) is 3.01. The summed E-state index contributed by atoms with van der Waals surface area (Å²) in [7, 11) is 0. The summed E-state index contributed by atoms with van der Waals surface area (Å²) < 4.78 is 0. The third-order valence-electron chi connectivity index (χ3n) is 3.94. The van der Waals surface area contributed by atoms with Crippen molar-refractivity contribution in [2.45, 2.75) is 51.5 Å². The molecule has 1 unspecified atom stereocenters. The number of H-pyrrole nitrogens is 1. The minimum Gasteiger partial charge on any atom is -0.347 e. The second kappa shape index (κ2) is 5.47. The second-order valence-corrected chi connectivity index (χ2v) is 6.67. The molecular weight excluding hydrogens is 262 g/mol. The number of piperidine rings is 1.